The number of anilines is 1. The molecule has 1 aromatic carbocycles. The van der Waals surface area contributed by atoms with Gasteiger partial charge in [-0.3, -0.25) is 9.10 Å². The van der Waals surface area contributed by atoms with Gasteiger partial charge in [-0.15, -0.1) is 0 Å². The standard InChI is InChI=1S/C12H14N2O4S2/c1-8-11(19-12(15)13-8)20(16,17)14(2)9-5-4-6-10(7-9)18-3/h4-7H,1-3H3,(H,13,15). The molecule has 0 amide bonds. The van der Waals surface area contributed by atoms with Crippen LogP contribution in [0.15, 0.2) is 33.3 Å². The SMILES string of the molecule is COc1cccc(N(C)S(=O)(=O)c2sc(=O)[nH]c2C)c1. The summed E-state index contributed by atoms with van der Waals surface area (Å²) in [6.07, 6.45) is 0. The fourth-order valence-corrected chi connectivity index (χ4v) is 4.34. The minimum atomic E-state index is -3.76. The summed E-state index contributed by atoms with van der Waals surface area (Å²) in [5.41, 5.74) is 0.805. The zero-order valence-electron chi connectivity index (χ0n) is 11.2. The van der Waals surface area contributed by atoms with Gasteiger partial charge < -0.3 is 9.72 Å². The van der Waals surface area contributed by atoms with Gasteiger partial charge in [-0.2, -0.15) is 0 Å². The van der Waals surface area contributed by atoms with Gasteiger partial charge in [0.05, 0.1) is 12.8 Å². The number of aromatic nitrogens is 1. The Balaban J connectivity index is 2.48. The first-order valence-electron chi connectivity index (χ1n) is 5.69. The highest BCUT2D eigenvalue weighted by atomic mass is 32.2. The number of ether oxygens (including phenoxy) is 1. The van der Waals surface area contributed by atoms with Crippen molar-refractivity contribution in [2.24, 2.45) is 0 Å². The first-order valence-corrected chi connectivity index (χ1v) is 7.94. The van der Waals surface area contributed by atoms with Crippen molar-refractivity contribution in [2.75, 3.05) is 18.5 Å². The van der Waals surface area contributed by atoms with Crippen molar-refractivity contribution in [2.45, 2.75) is 11.1 Å². The summed E-state index contributed by atoms with van der Waals surface area (Å²) in [6.45, 7) is 1.56. The maximum absolute atomic E-state index is 12.5. The smallest absolute Gasteiger partial charge is 0.306 e. The van der Waals surface area contributed by atoms with Crippen LogP contribution in [0.1, 0.15) is 5.69 Å². The number of nitrogens with one attached hydrogen (secondary N) is 1. The first-order chi connectivity index (χ1) is 9.36. The Morgan fingerprint density at radius 3 is 2.60 bits per heavy atom. The fourth-order valence-electron chi connectivity index (χ4n) is 1.71. The molecule has 0 unspecified atom stereocenters. The van der Waals surface area contributed by atoms with Gasteiger partial charge in [0.15, 0.2) is 4.21 Å². The Hall–Kier alpha value is -1.80. The second kappa shape index (κ2) is 5.29. The largest absolute Gasteiger partial charge is 0.497 e. The molecule has 1 aromatic heterocycles. The van der Waals surface area contributed by atoms with Crippen LogP contribution in [0.3, 0.4) is 0 Å². The number of rotatable bonds is 4. The van der Waals surface area contributed by atoms with Crippen LogP contribution in [0.2, 0.25) is 0 Å². The number of aryl methyl sites for hydroxylation is 1. The predicted octanol–water partition coefficient (Wildman–Crippen LogP) is 1.58. The summed E-state index contributed by atoms with van der Waals surface area (Å²) in [4.78, 5) is 13.4. The molecule has 0 spiro atoms. The summed E-state index contributed by atoms with van der Waals surface area (Å²) < 4.78 is 31.2. The van der Waals surface area contributed by atoms with Gasteiger partial charge in [0.2, 0.25) is 0 Å². The molecule has 0 saturated heterocycles. The summed E-state index contributed by atoms with van der Waals surface area (Å²) in [5, 5.41) is 0. The summed E-state index contributed by atoms with van der Waals surface area (Å²) >= 11 is 0.682. The quantitative estimate of drug-likeness (QED) is 0.929. The van der Waals surface area contributed by atoms with Crippen LogP contribution < -0.4 is 13.9 Å². The molecule has 1 N–H and O–H groups in total. The molecule has 6 nitrogen and oxygen atoms in total. The highest BCUT2D eigenvalue weighted by molar-refractivity contribution is 7.94. The summed E-state index contributed by atoms with van der Waals surface area (Å²) in [5.74, 6) is 0.559. The van der Waals surface area contributed by atoms with E-state index in [0.717, 1.165) is 4.31 Å². The molecule has 2 rings (SSSR count). The van der Waals surface area contributed by atoms with Gasteiger partial charge in [-0.05, 0) is 19.1 Å². The number of nitrogens with zero attached hydrogens (tertiary/aromatic N) is 1. The molecule has 0 radical (unpaired) electrons. The highest BCUT2D eigenvalue weighted by Gasteiger charge is 2.26. The molecular formula is C12H14N2O4S2. The molecule has 2 aromatic rings. The van der Waals surface area contributed by atoms with Crippen LogP contribution in [0.5, 0.6) is 5.75 Å². The number of aromatic amines is 1. The van der Waals surface area contributed by atoms with E-state index in [4.69, 9.17) is 4.74 Å². The van der Waals surface area contributed by atoms with Crippen molar-refractivity contribution in [1.82, 2.24) is 4.98 Å². The van der Waals surface area contributed by atoms with Crippen LogP contribution in [-0.4, -0.2) is 27.6 Å². The second-order valence-electron chi connectivity index (χ2n) is 4.10. The zero-order chi connectivity index (χ0) is 14.9. The lowest BCUT2D eigenvalue weighted by Crippen LogP contribution is -2.26. The third-order valence-corrected chi connectivity index (χ3v) is 6.16. The number of thiazole rings is 1. The Kier molecular flexibility index (Phi) is 3.87. The minimum absolute atomic E-state index is 0.0211. The fraction of sp³-hybridized carbons (Fsp3) is 0.250. The van der Waals surface area contributed by atoms with E-state index in [2.05, 4.69) is 4.98 Å². The van der Waals surface area contributed by atoms with E-state index in [9.17, 15) is 13.2 Å². The lowest BCUT2D eigenvalue weighted by molar-refractivity contribution is 0.415. The van der Waals surface area contributed by atoms with Gasteiger partial charge in [-0.1, -0.05) is 17.4 Å². The Bertz CT molecular complexity index is 777. The normalized spacial score (nSPS) is 11.3. The van der Waals surface area contributed by atoms with Crippen LogP contribution in [0, 0.1) is 6.92 Å². The maximum Gasteiger partial charge on any atom is 0.306 e. The number of sulfonamides is 1. The Morgan fingerprint density at radius 1 is 1.35 bits per heavy atom. The van der Waals surface area contributed by atoms with Crippen LogP contribution in [-0.2, 0) is 10.0 Å². The summed E-state index contributed by atoms with van der Waals surface area (Å²) in [6, 6.07) is 6.70. The molecule has 0 aliphatic heterocycles. The Labute approximate surface area is 120 Å². The van der Waals surface area contributed by atoms with E-state index < -0.39 is 10.0 Å². The maximum atomic E-state index is 12.5. The topological polar surface area (TPSA) is 79.5 Å². The molecule has 0 aliphatic rings. The van der Waals surface area contributed by atoms with Gasteiger partial charge in [0.1, 0.15) is 5.75 Å². The van der Waals surface area contributed by atoms with Gasteiger partial charge in [-0.25, -0.2) is 8.42 Å². The number of hydrogen-bond donors (Lipinski definition) is 1. The van der Waals surface area contributed by atoms with E-state index in [-0.39, 0.29) is 9.08 Å². The molecule has 0 bridgehead atoms. The Morgan fingerprint density at radius 2 is 2.05 bits per heavy atom. The zero-order valence-corrected chi connectivity index (χ0v) is 12.8. The highest BCUT2D eigenvalue weighted by Crippen LogP contribution is 2.27. The van der Waals surface area contributed by atoms with E-state index in [0.29, 0.717) is 28.5 Å². The van der Waals surface area contributed by atoms with E-state index in [1.54, 1.807) is 31.2 Å². The van der Waals surface area contributed by atoms with Crippen molar-refractivity contribution in [3.63, 3.8) is 0 Å². The lowest BCUT2D eigenvalue weighted by atomic mass is 10.3. The third kappa shape index (κ3) is 2.56. The van der Waals surface area contributed by atoms with E-state index in [1.807, 2.05) is 0 Å². The second-order valence-corrected chi connectivity index (χ2v) is 7.25. The van der Waals surface area contributed by atoms with Crippen molar-refractivity contribution in [3.05, 3.63) is 39.6 Å². The number of hydrogen-bond acceptors (Lipinski definition) is 5. The average molecular weight is 314 g/mol. The molecule has 1 heterocycles. The van der Waals surface area contributed by atoms with E-state index in [1.165, 1.54) is 14.2 Å². The van der Waals surface area contributed by atoms with Crippen molar-refractivity contribution >= 4 is 27.0 Å². The van der Waals surface area contributed by atoms with Crippen LogP contribution >= 0.6 is 11.3 Å². The van der Waals surface area contributed by atoms with Gasteiger partial charge in [0.25, 0.3) is 10.0 Å². The van der Waals surface area contributed by atoms with E-state index >= 15 is 0 Å². The number of methoxy groups -OCH3 is 1. The van der Waals surface area contributed by atoms with Crippen molar-refractivity contribution in [3.8, 4) is 5.75 Å². The van der Waals surface area contributed by atoms with Gasteiger partial charge in [0, 0.05) is 18.8 Å². The molecular weight excluding hydrogens is 300 g/mol. The van der Waals surface area contributed by atoms with Crippen LogP contribution in [0.25, 0.3) is 0 Å². The molecule has 8 heteroatoms. The molecule has 20 heavy (non-hydrogen) atoms. The molecule has 0 saturated carbocycles. The number of benzene rings is 1. The molecule has 0 aliphatic carbocycles. The third-order valence-electron chi connectivity index (χ3n) is 2.79. The van der Waals surface area contributed by atoms with Crippen molar-refractivity contribution < 1.29 is 13.2 Å². The number of H-pyrrole nitrogens is 1. The van der Waals surface area contributed by atoms with Crippen LogP contribution in [0.4, 0.5) is 5.69 Å². The average Bonchev–Trinajstić information content (AvgIpc) is 2.77. The summed E-state index contributed by atoms with van der Waals surface area (Å²) in [7, 11) is -0.814. The molecule has 108 valence electrons. The molecule has 0 fully saturated rings. The lowest BCUT2D eigenvalue weighted by Gasteiger charge is -2.19. The van der Waals surface area contributed by atoms with Crippen molar-refractivity contribution in [1.29, 1.82) is 0 Å². The monoisotopic (exact) mass is 314 g/mol. The first kappa shape index (κ1) is 14.6. The minimum Gasteiger partial charge on any atom is -0.497 e. The predicted molar refractivity (Wildman–Crippen MR) is 78.3 cm³/mol. The molecule has 0 atom stereocenters. The van der Waals surface area contributed by atoms with Gasteiger partial charge >= 0.3 is 4.87 Å².